The molecule has 1 atom stereocenters. The second-order valence-corrected chi connectivity index (χ2v) is 8.84. The number of hydrogen-bond acceptors (Lipinski definition) is 5. The Morgan fingerprint density at radius 3 is 2.65 bits per heavy atom. The van der Waals surface area contributed by atoms with Gasteiger partial charge in [-0.05, 0) is 52.2 Å². The number of nitrogens with zero attached hydrogens (tertiary/aromatic N) is 4. The number of likely N-dealkylation sites (tertiary alicyclic amines) is 1. The number of carbonyl (C=O) groups excluding carboxylic acids is 2. The molecule has 0 N–H and O–H groups in total. The number of esters is 1. The molecule has 0 saturated carbocycles. The molecule has 1 saturated heterocycles. The molecule has 3 heterocycles. The summed E-state index contributed by atoms with van der Waals surface area (Å²) in [5.74, 6) is -0.370. The molecule has 2 aromatic heterocycles. The summed E-state index contributed by atoms with van der Waals surface area (Å²) in [7, 11) is 0. The Morgan fingerprint density at radius 1 is 1.15 bits per heavy atom. The monoisotopic (exact) mass is 464 g/mol. The van der Waals surface area contributed by atoms with Crippen LogP contribution in [0.15, 0.2) is 41.3 Å². The van der Waals surface area contributed by atoms with Gasteiger partial charge in [-0.1, -0.05) is 18.2 Å². The number of carbonyl (C=O) groups is 2. The molecular formula is C26H32N4O4. The van der Waals surface area contributed by atoms with Crippen molar-refractivity contribution >= 4 is 22.6 Å². The molecule has 8 nitrogen and oxygen atoms in total. The number of benzene rings is 1. The van der Waals surface area contributed by atoms with Crippen LogP contribution in [-0.2, 0) is 20.9 Å². The number of aromatic nitrogens is 3. The summed E-state index contributed by atoms with van der Waals surface area (Å²) in [6.45, 7) is 7.85. The highest BCUT2D eigenvalue weighted by Gasteiger charge is 2.29. The third-order valence-corrected chi connectivity index (χ3v) is 6.71. The Kier molecular flexibility index (Phi) is 7.14. The molecule has 1 aliphatic heterocycles. The van der Waals surface area contributed by atoms with Crippen LogP contribution < -0.4 is 5.56 Å². The minimum atomic E-state index is -0.226. The molecule has 34 heavy (non-hydrogen) atoms. The maximum atomic E-state index is 13.2. The van der Waals surface area contributed by atoms with E-state index in [-0.39, 0.29) is 23.4 Å². The number of para-hydroxylation sites is 1. The predicted molar refractivity (Wildman–Crippen MR) is 130 cm³/mol. The number of ether oxygens (including phenoxy) is 1. The molecule has 8 heteroatoms. The van der Waals surface area contributed by atoms with E-state index in [2.05, 4.69) is 9.67 Å². The largest absolute Gasteiger partial charge is 0.466 e. The van der Waals surface area contributed by atoms with E-state index in [4.69, 9.17) is 4.74 Å². The van der Waals surface area contributed by atoms with Gasteiger partial charge in [0.1, 0.15) is 0 Å². The zero-order valence-corrected chi connectivity index (χ0v) is 20.1. The maximum absolute atomic E-state index is 13.2. The van der Waals surface area contributed by atoms with Crippen molar-refractivity contribution in [2.24, 2.45) is 5.92 Å². The first-order valence-corrected chi connectivity index (χ1v) is 12.0. The fourth-order valence-electron chi connectivity index (χ4n) is 4.90. The van der Waals surface area contributed by atoms with Crippen molar-refractivity contribution < 1.29 is 14.3 Å². The molecule has 3 aromatic rings. The van der Waals surface area contributed by atoms with E-state index in [0.717, 1.165) is 35.3 Å². The second kappa shape index (κ2) is 10.2. The molecule has 0 spiro atoms. The van der Waals surface area contributed by atoms with Crippen LogP contribution in [0.2, 0.25) is 0 Å². The average Bonchev–Trinajstić information content (AvgIpc) is 3.10. The first-order valence-electron chi connectivity index (χ1n) is 12.0. The lowest BCUT2D eigenvalue weighted by molar-refractivity contribution is -0.151. The summed E-state index contributed by atoms with van der Waals surface area (Å²) in [5.41, 5.74) is 2.45. The molecule has 1 amide bonds. The van der Waals surface area contributed by atoms with Crippen LogP contribution >= 0.6 is 0 Å². The lowest BCUT2D eigenvalue weighted by atomic mass is 9.98. The number of amides is 1. The Hall–Kier alpha value is -3.42. The van der Waals surface area contributed by atoms with Gasteiger partial charge in [0.2, 0.25) is 5.91 Å². The predicted octanol–water partition coefficient (Wildman–Crippen LogP) is 3.39. The van der Waals surface area contributed by atoms with Gasteiger partial charge >= 0.3 is 5.97 Å². The Balaban J connectivity index is 1.46. The smallest absolute Gasteiger partial charge is 0.310 e. The Morgan fingerprint density at radius 2 is 1.91 bits per heavy atom. The summed E-state index contributed by atoms with van der Waals surface area (Å²) in [6.07, 6.45) is 4.39. The van der Waals surface area contributed by atoms with Gasteiger partial charge in [-0.25, -0.2) is 0 Å². The molecule has 4 rings (SSSR count). The second-order valence-electron chi connectivity index (χ2n) is 8.84. The lowest BCUT2D eigenvalue weighted by Crippen LogP contribution is -2.42. The van der Waals surface area contributed by atoms with Crippen LogP contribution in [0.3, 0.4) is 0 Å². The first-order chi connectivity index (χ1) is 16.4. The van der Waals surface area contributed by atoms with E-state index in [9.17, 15) is 14.4 Å². The highest BCUT2D eigenvalue weighted by Crippen LogP contribution is 2.24. The summed E-state index contributed by atoms with van der Waals surface area (Å²) in [4.78, 5) is 39.9. The number of rotatable bonds is 7. The van der Waals surface area contributed by atoms with Gasteiger partial charge in [0.05, 0.1) is 29.8 Å². The van der Waals surface area contributed by atoms with E-state index in [0.29, 0.717) is 44.5 Å². The van der Waals surface area contributed by atoms with E-state index in [1.54, 1.807) is 18.0 Å². The molecule has 1 fully saturated rings. The van der Waals surface area contributed by atoms with Crippen LogP contribution in [0.5, 0.6) is 0 Å². The molecule has 1 aliphatic rings. The topological polar surface area (TPSA) is 86.4 Å². The minimum absolute atomic E-state index is 0.0640. The third-order valence-electron chi connectivity index (χ3n) is 6.71. The highest BCUT2D eigenvalue weighted by atomic mass is 16.5. The van der Waals surface area contributed by atoms with Crippen LogP contribution in [0.4, 0.5) is 0 Å². The quantitative estimate of drug-likeness (QED) is 0.501. The van der Waals surface area contributed by atoms with Gasteiger partial charge in [0.15, 0.2) is 0 Å². The molecule has 0 aliphatic carbocycles. The average molecular weight is 465 g/mol. The molecular weight excluding hydrogens is 432 g/mol. The summed E-state index contributed by atoms with van der Waals surface area (Å²) in [6, 6.07) is 9.38. The highest BCUT2D eigenvalue weighted by molar-refractivity contribution is 5.87. The van der Waals surface area contributed by atoms with Gasteiger partial charge in [0, 0.05) is 42.8 Å². The van der Waals surface area contributed by atoms with Gasteiger partial charge in [0.25, 0.3) is 5.56 Å². The molecule has 1 unspecified atom stereocenters. The molecule has 180 valence electrons. The maximum Gasteiger partial charge on any atom is 0.310 e. The lowest BCUT2D eigenvalue weighted by Gasteiger charge is -2.31. The molecule has 0 radical (unpaired) electrons. The van der Waals surface area contributed by atoms with Gasteiger partial charge < -0.3 is 14.2 Å². The van der Waals surface area contributed by atoms with Crippen LogP contribution in [0, 0.1) is 19.8 Å². The van der Waals surface area contributed by atoms with Crippen LogP contribution in [0.25, 0.3) is 16.5 Å². The number of hydrogen-bond donors (Lipinski definition) is 0. The number of piperidine rings is 1. The zero-order valence-electron chi connectivity index (χ0n) is 20.1. The summed E-state index contributed by atoms with van der Waals surface area (Å²) >= 11 is 0. The summed E-state index contributed by atoms with van der Waals surface area (Å²) in [5, 5.41) is 5.89. The van der Waals surface area contributed by atoms with Crippen molar-refractivity contribution in [3.8, 4) is 5.69 Å². The van der Waals surface area contributed by atoms with Crippen LogP contribution in [0.1, 0.15) is 44.0 Å². The van der Waals surface area contributed by atoms with Crippen molar-refractivity contribution in [2.45, 2.75) is 53.0 Å². The van der Waals surface area contributed by atoms with Crippen molar-refractivity contribution in [2.75, 3.05) is 19.7 Å². The SMILES string of the molecule is CCOC(=O)C1CCCN(C(=O)CCCn2c(C)c3cnn(-c4ccccc4)c(=O)c3c2C)C1. The van der Waals surface area contributed by atoms with E-state index < -0.39 is 0 Å². The van der Waals surface area contributed by atoms with Gasteiger partial charge in [-0.3, -0.25) is 14.4 Å². The van der Waals surface area contributed by atoms with E-state index in [1.807, 2.05) is 44.2 Å². The van der Waals surface area contributed by atoms with E-state index >= 15 is 0 Å². The van der Waals surface area contributed by atoms with Gasteiger partial charge in [-0.15, -0.1) is 0 Å². The molecule has 1 aromatic carbocycles. The normalized spacial score (nSPS) is 16.1. The van der Waals surface area contributed by atoms with Crippen LogP contribution in [-0.4, -0.2) is 50.8 Å². The standard InChI is InChI=1S/C26H32N4O4/c1-4-34-26(33)20-10-8-14-28(17-20)23(31)13-9-15-29-18(2)22-16-27-30(21-11-6-5-7-12-21)25(32)24(22)19(29)3/h5-7,11-12,16,20H,4,8-10,13-15,17H2,1-3H3. The third kappa shape index (κ3) is 4.62. The fraction of sp³-hybridized carbons (Fsp3) is 0.462. The van der Waals surface area contributed by atoms with E-state index in [1.165, 1.54) is 4.68 Å². The van der Waals surface area contributed by atoms with Crippen molar-refractivity contribution in [3.63, 3.8) is 0 Å². The van der Waals surface area contributed by atoms with Crippen molar-refractivity contribution in [3.05, 3.63) is 58.3 Å². The van der Waals surface area contributed by atoms with Gasteiger partial charge in [-0.2, -0.15) is 9.78 Å². The number of aryl methyl sites for hydroxylation is 2. The zero-order chi connectivity index (χ0) is 24.2. The van der Waals surface area contributed by atoms with Crippen molar-refractivity contribution in [1.29, 1.82) is 0 Å². The minimum Gasteiger partial charge on any atom is -0.466 e. The Labute approximate surface area is 199 Å². The summed E-state index contributed by atoms with van der Waals surface area (Å²) < 4.78 is 8.67. The van der Waals surface area contributed by atoms with Crippen molar-refractivity contribution in [1.82, 2.24) is 19.2 Å². The fourth-order valence-corrected chi connectivity index (χ4v) is 4.90. The molecule has 0 bridgehead atoms. The number of fused-ring (bicyclic) bond motifs is 1. The first kappa shape index (κ1) is 23.7. The Bertz CT molecular complexity index is 1250.